The first-order chi connectivity index (χ1) is 9.59. The van der Waals surface area contributed by atoms with Crippen LogP contribution >= 0.6 is 0 Å². The topological polar surface area (TPSA) is 3.24 Å². The molecule has 0 atom stereocenters. The molecule has 104 valence electrons. The van der Waals surface area contributed by atoms with Crippen LogP contribution < -0.4 is 0 Å². The summed E-state index contributed by atoms with van der Waals surface area (Å²) >= 11 is 0. The Morgan fingerprint density at radius 1 is 0.750 bits per heavy atom. The van der Waals surface area contributed by atoms with Crippen molar-refractivity contribution in [1.29, 1.82) is 0 Å². The molecule has 0 aromatic heterocycles. The zero-order chi connectivity index (χ0) is 14.5. The summed E-state index contributed by atoms with van der Waals surface area (Å²) in [5.74, 6) is 0. The SMILES string of the molecule is CC(C)N([C]c1ccccc1-c1ccccc1)C(C)C. The minimum atomic E-state index is 0.443. The van der Waals surface area contributed by atoms with Gasteiger partial charge in [-0.3, -0.25) is 4.90 Å². The molecular weight excluding hydrogens is 242 g/mol. The van der Waals surface area contributed by atoms with Gasteiger partial charge in [0.15, 0.2) is 0 Å². The Balaban J connectivity index is 2.33. The minimum absolute atomic E-state index is 0.443. The van der Waals surface area contributed by atoms with Gasteiger partial charge in [-0.2, -0.15) is 0 Å². The molecule has 2 radical (unpaired) electrons. The third-order valence-electron chi connectivity index (χ3n) is 3.37. The number of nitrogens with zero attached hydrogens (tertiary/aromatic N) is 1. The third-order valence-corrected chi connectivity index (χ3v) is 3.37. The van der Waals surface area contributed by atoms with Gasteiger partial charge in [-0.1, -0.05) is 54.6 Å². The Morgan fingerprint density at radius 2 is 1.30 bits per heavy atom. The van der Waals surface area contributed by atoms with E-state index in [1.165, 1.54) is 11.1 Å². The largest absolute Gasteiger partial charge is 0.285 e. The van der Waals surface area contributed by atoms with Gasteiger partial charge in [-0.15, -0.1) is 0 Å². The molecule has 0 heterocycles. The van der Waals surface area contributed by atoms with Crippen molar-refractivity contribution < 1.29 is 0 Å². The molecule has 0 unspecified atom stereocenters. The zero-order valence-electron chi connectivity index (χ0n) is 12.8. The van der Waals surface area contributed by atoms with Crippen molar-refractivity contribution in [3.8, 4) is 11.1 Å². The second-order valence-corrected chi connectivity index (χ2v) is 5.62. The normalized spacial score (nSPS) is 11.6. The van der Waals surface area contributed by atoms with E-state index in [0.29, 0.717) is 12.1 Å². The Kier molecular flexibility index (Phi) is 4.97. The van der Waals surface area contributed by atoms with Crippen molar-refractivity contribution in [3.63, 3.8) is 0 Å². The van der Waals surface area contributed by atoms with E-state index in [1.807, 2.05) is 6.07 Å². The molecule has 1 nitrogen and oxygen atoms in total. The highest BCUT2D eigenvalue weighted by Gasteiger charge is 2.17. The molecular formula is C19H23N. The van der Waals surface area contributed by atoms with Crippen LogP contribution in [0.3, 0.4) is 0 Å². The molecule has 0 spiro atoms. The summed E-state index contributed by atoms with van der Waals surface area (Å²) in [6.07, 6.45) is 0. The lowest BCUT2D eigenvalue weighted by Gasteiger charge is -2.30. The average Bonchev–Trinajstić information content (AvgIpc) is 2.45. The molecule has 0 N–H and O–H groups in total. The van der Waals surface area contributed by atoms with Crippen LogP contribution in [0.1, 0.15) is 33.3 Å². The Morgan fingerprint density at radius 3 is 1.90 bits per heavy atom. The molecule has 2 rings (SSSR count). The summed E-state index contributed by atoms with van der Waals surface area (Å²) < 4.78 is 0. The lowest BCUT2D eigenvalue weighted by atomic mass is 9.99. The molecule has 0 aliphatic rings. The van der Waals surface area contributed by atoms with Crippen LogP contribution in [-0.4, -0.2) is 17.0 Å². The van der Waals surface area contributed by atoms with Gasteiger partial charge in [0.2, 0.25) is 0 Å². The number of hydrogen-bond acceptors (Lipinski definition) is 1. The fourth-order valence-electron chi connectivity index (χ4n) is 2.44. The molecule has 0 saturated carbocycles. The Bertz CT molecular complexity index is 520. The molecule has 0 saturated heterocycles. The fourth-order valence-corrected chi connectivity index (χ4v) is 2.44. The second-order valence-electron chi connectivity index (χ2n) is 5.62. The predicted octanol–water partition coefficient (Wildman–Crippen LogP) is 4.86. The van der Waals surface area contributed by atoms with Crippen LogP contribution in [0.4, 0.5) is 0 Å². The van der Waals surface area contributed by atoms with Crippen molar-refractivity contribution in [2.45, 2.75) is 39.8 Å². The molecule has 1 heteroatoms. The highest BCUT2D eigenvalue weighted by atomic mass is 15.2. The van der Waals surface area contributed by atoms with E-state index >= 15 is 0 Å². The first kappa shape index (κ1) is 14.8. The Hall–Kier alpha value is -1.60. The molecule has 0 bridgehead atoms. The van der Waals surface area contributed by atoms with Gasteiger partial charge in [0.05, 0.1) is 6.54 Å². The van der Waals surface area contributed by atoms with E-state index in [1.54, 1.807) is 0 Å². The summed E-state index contributed by atoms with van der Waals surface area (Å²) in [6.45, 7) is 12.4. The first-order valence-electron chi connectivity index (χ1n) is 7.29. The van der Waals surface area contributed by atoms with Crippen molar-refractivity contribution in [3.05, 3.63) is 66.7 Å². The maximum absolute atomic E-state index is 3.58. The lowest BCUT2D eigenvalue weighted by Crippen LogP contribution is -2.35. The highest BCUT2D eigenvalue weighted by Crippen LogP contribution is 2.26. The van der Waals surface area contributed by atoms with Gasteiger partial charge >= 0.3 is 0 Å². The van der Waals surface area contributed by atoms with Gasteiger partial charge < -0.3 is 0 Å². The van der Waals surface area contributed by atoms with Crippen LogP contribution in [0, 0.1) is 6.54 Å². The van der Waals surface area contributed by atoms with Gasteiger partial charge in [-0.25, -0.2) is 0 Å². The predicted molar refractivity (Wildman–Crippen MR) is 86.3 cm³/mol. The van der Waals surface area contributed by atoms with E-state index in [2.05, 4.69) is 87.7 Å². The monoisotopic (exact) mass is 265 g/mol. The van der Waals surface area contributed by atoms with Crippen LogP contribution in [0.25, 0.3) is 11.1 Å². The van der Waals surface area contributed by atoms with Gasteiger partial charge in [-0.05, 0) is 44.4 Å². The van der Waals surface area contributed by atoms with Gasteiger partial charge in [0, 0.05) is 12.1 Å². The quantitative estimate of drug-likeness (QED) is 0.698. The molecule has 0 aliphatic carbocycles. The van der Waals surface area contributed by atoms with E-state index in [-0.39, 0.29) is 0 Å². The number of benzene rings is 2. The molecule has 2 aromatic carbocycles. The number of hydrogen-bond donors (Lipinski definition) is 0. The molecule has 0 fully saturated rings. The molecule has 2 aromatic rings. The molecule has 0 aliphatic heterocycles. The van der Waals surface area contributed by atoms with E-state index in [0.717, 1.165) is 5.56 Å². The average molecular weight is 265 g/mol. The van der Waals surface area contributed by atoms with E-state index in [9.17, 15) is 0 Å². The fraction of sp³-hybridized carbons (Fsp3) is 0.316. The van der Waals surface area contributed by atoms with Crippen LogP contribution in [0.2, 0.25) is 0 Å². The summed E-state index contributed by atoms with van der Waals surface area (Å²) in [7, 11) is 0. The summed E-state index contributed by atoms with van der Waals surface area (Å²) in [5.41, 5.74) is 3.63. The van der Waals surface area contributed by atoms with Crippen molar-refractivity contribution >= 4 is 0 Å². The summed E-state index contributed by atoms with van der Waals surface area (Å²) in [4.78, 5) is 2.28. The smallest absolute Gasteiger partial charge is 0.0974 e. The van der Waals surface area contributed by atoms with E-state index in [4.69, 9.17) is 0 Å². The van der Waals surface area contributed by atoms with Gasteiger partial charge in [0.1, 0.15) is 0 Å². The highest BCUT2D eigenvalue weighted by molar-refractivity contribution is 5.68. The minimum Gasteiger partial charge on any atom is -0.285 e. The van der Waals surface area contributed by atoms with Crippen LogP contribution in [0.5, 0.6) is 0 Å². The maximum Gasteiger partial charge on any atom is 0.0974 e. The standard InChI is InChI=1S/C19H23N/c1-15(2)20(16(3)4)14-18-12-8-9-13-19(18)17-10-6-5-7-11-17/h5-13,15-16H,1-4H3. The summed E-state index contributed by atoms with van der Waals surface area (Å²) in [5, 5.41) is 0. The van der Waals surface area contributed by atoms with Gasteiger partial charge in [0.25, 0.3) is 0 Å². The molecule has 0 amide bonds. The zero-order valence-corrected chi connectivity index (χ0v) is 12.8. The van der Waals surface area contributed by atoms with Crippen molar-refractivity contribution in [2.75, 3.05) is 0 Å². The van der Waals surface area contributed by atoms with Crippen molar-refractivity contribution in [2.24, 2.45) is 0 Å². The number of rotatable bonds is 5. The third kappa shape index (κ3) is 3.49. The van der Waals surface area contributed by atoms with E-state index < -0.39 is 0 Å². The van der Waals surface area contributed by atoms with Crippen LogP contribution in [-0.2, 0) is 0 Å². The van der Waals surface area contributed by atoms with Crippen LogP contribution in [0.15, 0.2) is 54.6 Å². The Labute approximate surface area is 123 Å². The maximum atomic E-state index is 3.58. The first-order valence-corrected chi connectivity index (χ1v) is 7.29. The molecule has 20 heavy (non-hydrogen) atoms. The second kappa shape index (κ2) is 6.71. The summed E-state index contributed by atoms with van der Waals surface area (Å²) in [6, 6.07) is 19.9. The lowest BCUT2D eigenvalue weighted by molar-refractivity contribution is 0.231. The van der Waals surface area contributed by atoms with Crippen molar-refractivity contribution in [1.82, 2.24) is 4.90 Å².